The summed E-state index contributed by atoms with van der Waals surface area (Å²) in [5.74, 6) is -1.01. The fourth-order valence-corrected chi connectivity index (χ4v) is 1.33. The molecule has 14 heavy (non-hydrogen) atoms. The molecule has 0 spiro atoms. The van der Waals surface area contributed by atoms with E-state index in [0.29, 0.717) is 5.52 Å². The second kappa shape index (κ2) is 2.73. The zero-order chi connectivity index (χ0) is 10.3. The second-order valence-corrected chi connectivity index (χ2v) is 3.00. The van der Waals surface area contributed by atoms with Gasteiger partial charge in [0.2, 0.25) is 0 Å². The molecule has 2 heterocycles. The van der Waals surface area contributed by atoms with Crippen molar-refractivity contribution in [3.63, 3.8) is 0 Å². The predicted octanol–water partition coefficient (Wildman–Crippen LogP) is 0.336. The van der Waals surface area contributed by atoms with Crippen LogP contribution in [0, 0.1) is 0 Å². The smallest absolute Gasteiger partial charge is 0.337 e. The molecule has 72 valence electrons. The summed E-state index contributed by atoms with van der Waals surface area (Å²) in [7, 11) is 1.58. The summed E-state index contributed by atoms with van der Waals surface area (Å²) in [6.45, 7) is 0. The maximum atomic E-state index is 11.2. The van der Waals surface area contributed by atoms with Gasteiger partial charge in [0.05, 0.1) is 11.1 Å². The number of aromatic carboxylic acids is 1. The molecule has 0 bridgehead atoms. The molecule has 0 fully saturated rings. The number of fused-ring (bicyclic) bond motifs is 1. The molecule has 5 heteroatoms. The first-order valence-electron chi connectivity index (χ1n) is 4.01. The minimum atomic E-state index is -1.01. The van der Waals surface area contributed by atoms with Crippen molar-refractivity contribution in [3.8, 4) is 0 Å². The highest BCUT2D eigenvalue weighted by Gasteiger charge is 2.06. The van der Waals surface area contributed by atoms with E-state index in [2.05, 4.69) is 0 Å². The standard InChI is InChI=1S/C9H8N2O3/c1-10-8(12)4-7-3-2-6(9(13)14)5-11(7)10/h2-5H,1H3,(H,13,14). The zero-order valence-electron chi connectivity index (χ0n) is 7.47. The van der Waals surface area contributed by atoms with E-state index >= 15 is 0 Å². The van der Waals surface area contributed by atoms with Gasteiger partial charge in [0.15, 0.2) is 0 Å². The summed E-state index contributed by atoms with van der Waals surface area (Å²) in [5, 5.41) is 8.74. The van der Waals surface area contributed by atoms with Crippen LogP contribution in [0.1, 0.15) is 10.4 Å². The van der Waals surface area contributed by atoms with Crippen molar-refractivity contribution in [3.05, 3.63) is 40.3 Å². The van der Waals surface area contributed by atoms with Crippen LogP contribution in [0.3, 0.4) is 0 Å². The number of carboxylic acids is 1. The van der Waals surface area contributed by atoms with Gasteiger partial charge in [0, 0.05) is 19.3 Å². The third kappa shape index (κ3) is 1.10. The molecule has 0 atom stereocenters. The molecule has 0 aliphatic rings. The van der Waals surface area contributed by atoms with Gasteiger partial charge in [0.1, 0.15) is 0 Å². The average Bonchev–Trinajstić information content (AvgIpc) is 2.43. The van der Waals surface area contributed by atoms with Crippen molar-refractivity contribution < 1.29 is 9.90 Å². The first-order valence-corrected chi connectivity index (χ1v) is 4.01. The molecule has 2 aromatic rings. The molecule has 5 nitrogen and oxygen atoms in total. The molecule has 0 saturated carbocycles. The van der Waals surface area contributed by atoms with Crippen molar-refractivity contribution in [2.45, 2.75) is 0 Å². The van der Waals surface area contributed by atoms with Crippen LogP contribution >= 0.6 is 0 Å². The monoisotopic (exact) mass is 192 g/mol. The second-order valence-electron chi connectivity index (χ2n) is 3.00. The Hall–Kier alpha value is -2.04. The highest BCUT2D eigenvalue weighted by atomic mass is 16.4. The topological polar surface area (TPSA) is 63.7 Å². The lowest BCUT2D eigenvalue weighted by Crippen LogP contribution is -2.14. The zero-order valence-corrected chi connectivity index (χ0v) is 7.47. The van der Waals surface area contributed by atoms with E-state index in [4.69, 9.17) is 5.11 Å². The Balaban J connectivity index is 2.82. The fraction of sp³-hybridized carbons (Fsp3) is 0.111. The van der Waals surface area contributed by atoms with E-state index in [1.165, 1.54) is 27.5 Å². The van der Waals surface area contributed by atoms with Crippen LogP contribution in [0.4, 0.5) is 0 Å². The van der Waals surface area contributed by atoms with Gasteiger partial charge in [-0.25, -0.2) is 9.48 Å². The Labute approximate surface area is 78.8 Å². The van der Waals surface area contributed by atoms with Gasteiger partial charge in [-0.3, -0.25) is 9.31 Å². The largest absolute Gasteiger partial charge is 0.478 e. The highest BCUT2D eigenvalue weighted by molar-refractivity contribution is 5.87. The summed E-state index contributed by atoms with van der Waals surface area (Å²) in [6.07, 6.45) is 1.42. The highest BCUT2D eigenvalue weighted by Crippen LogP contribution is 2.04. The number of aryl methyl sites for hydroxylation is 1. The van der Waals surface area contributed by atoms with E-state index in [9.17, 15) is 9.59 Å². The minimum Gasteiger partial charge on any atom is -0.478 e. The minimum absolute atomic E-state index is 0.156. The third-order valence-electron chi connectivity index (χ3n) is 2.12. The number of hydrogen-bond donors (Lipinski definition) is 1. The van der Waals surface area contributed by atoms with Crippen LogP contribution in [-0.2, 0) is 7.05 Å². The Morgan fingerprint density at radius 3 is 2.79 bits per heavy atom. The van der Waals surface area contributed by atoms with Crippen LogP contribution in [0.5, 0.6) is 0 Å². The Kier molecular flexibility index (Phi) is 1.67. The lowest BCUT2D eigenvalue weighted by molar-refractivity contribution is 0.0696. The predicted molar refractivity (Wildman–Crippen MR) is 49.6 cm³/mol. The Morgan fingerprint density at radius 2 is 2.14 bits per heavy atom. The fourth-order valence-electron chi connectivity index (χ4n) is 1.33. The van der Waals surface area contributed by atoms with Gasteiger partial charge >= 0.3 is 5.97 Å². The van der Waals surface area contributed by atoms with Crippen molar-refractivity contribution in [1.82, 2.24) is 9.20 Å². The number of nitrogens with zero attached hydrogens (tertiary/aromatic N) is 2. The van der Waals surface area contributed by atoms with Crippen LogP contribution in [0.25, 0.3) is 5.52 Å². The van der Waals surface area contributed by atoms with Crippen molar-refractivity contribution in [2.24, 2.45) is 7.05 Å². The van der Waals surface area contributed by atoms with Gasteiger partial charge in [-0.05, 0) is 12.1 Å². The molecule has 1 N–H and O–H groups in total. The summed E-state index contributed by atoms with van der Waals surface area (Å²) in [4.78, 5) is 21.9. The average molecular weight is 192 g/mol. The summed E-state index contributed by atoms with van der Waals surface area (Å²) in [6, 6.07) is 4.52. The molecule has 0 unspecified atom stereocenters. The van der Waals surface area contributed by atoms with E-state index in [0.717, 1.165) is 0 Å². The van der Waals surface area contributed by atoms with Gasteiger partial charge in [-0.2, -0.15) is 0 Å². The number of pyridine rings is 1. The SMILES string of the molecule is Cn1c(=O)cc2ccc(C(=O)O)cn21. The normalized spacial score (nSPS) is 10.6. The molecule has 0 aliphatic heterocycles. The lowest BCUT2D eigenvalue weighted by atomic mass is 10.3. The Bertz CT molecular complexity index is 565. The molecule has 2 aromatic heterocycles. The van der Waals surface area contributed by atoms with Crippen molar-refractivity contribution >= 4 is 11.5 Å². The maximum Gasteiger partial charge on any atom is 0.337 e. The molecular formula is C9H8N2O3. The number of carboxylic acid groups (broad SMARTS) is 1. The van der Waals surface area contributed by atoms with Gasteiger partial charge in [-0.15, -0.1) is 0 Å². The molecular weight excluding hydrogens is 184 g/mol. The third-order valence-corrected chi connectivity index (χ3v) is 2.12. The molecule has 2 rings (SSSR count). The van der Waals surface area contributed by atoms with Crippen molar-refractivity contribution in [1.29, 1.82) is 0 Å². The van der Waals surface area contributed by atoms with E-state index in [1.807, 2.05) is 0 Å². The summed E-state index contributed by atoms with van der Waals surface area (Å²) < 4.78 is 2.85. The van der Waals surface area contributed by atoms with E-state index in [1.54, 1.807) is 13.1 Å². The molecule has 0 amide bonds. The quantitative estimate of drug-likeness (QED) is 0.708. The number of rotatable bonds is 1. The number of aromatic nitrogens is 2. The molecule has 0 saturated heterocycles. The summed E-state index contributed by atoms with van der Waals surface area (Å²) in [5.41, 5.74) is 0.679. The van der Waals surface area contributed by atoms with Crippen LogP contribution < -0.4 is 5.56 Å². The van der Waals surface area contributed by atoms with E-state index in [-0.39, 0.29) is 11.1 Å². The van der Waals surface area contributed by atoms with E-state index < -0.39 is 5.97 Å². The number of carbonyl (C=O) groups is 1. The first kappa shape index (κ1) is 8.55. The van der Waals surface area contributed by atoms with Crippen LogP contribution in [0.15, 0.2) is 29.2 Å². The molecule has 0 aliphatic carbocycles. The maximum absolute atomic E-state index is 11.2. The Morgan fingerprint density at radius 1 is 1.43 bits per heavy atom. The number of hydrogen-bond acceptors (Lipinski definition) is 2. The lowest BCUT2D eigenvalue weighted by Gasteiger charge is -2.00. The van der Waals surface area contributed by atoms with Crippen LogP contribution in [0.2, 0.25) is 0 Å². The van der Waals surface area contributed by atoms with Crippen LogP contribution in [-0.4, -0.2) is 20.3 Å². The molecule has 0 radical (unpaired) electrons. The molecule has 0 aromatic carbocycles. The van der Waals surface area contributed by atoms with Gasteiger partial charge in [0.25, 0.3) is 5.56 Å². The first-order chi connectivity index (χ1) is 6.59. The van der Waals surface area contributed by atoms with Gasteiger partial charge in [-0.1, -0.05) is 0 Å². The summed E-state index contributed by atoms with van der Waals surface area (Å²) >= 11 is 0. The van der Waals surface area contributed by atoms with Gasteiger partial charge < -0.3 is 5.11 Å². The van der Waals surface area contributed by atoms with Crippen molar-refractivity contribution in [2.75, 3.05) is 0 Å².